The predicted molar refractivity (Wildman–Crippen MR) is 68.7 cm³/mol. The highest BCUT2D eigenvalue weighted by Crippen LogP contribution is 2.24. The molecule has 0 heterocycles. The lowest BCUT2D eigenvalue weighted by Crippen LogP contribution is -2.11. The summed E-state index contributed by atoms with van der Waals surface area (Å²) in [6.07, 6.45) is 5.46. The van der Waals surface area contributed by atoms with Crippen molar-refractivity contribution in [2.24, 2.45) is 17.8 Å². The molecule has 0 atom stereocenters. The van der Waals surface area contributed by atoms with Crippen LogP contribution in [0.2, 0.25) is 0 Å². The van der Waals surface area contributed by atoms with Gasteiger partial charge < -0.3 is 0 Å². The molecule has 0 aliphatic carbocycles. The summed E-state index contributed by atoms with van der Waals surface area (Å²) < 4.78 is 0. The summed E-state index contributed by atoms with van der Waals surface area (Å²) in [6.45, 7) is 15.7. The minimum Gasteiger partial charge on any atom is -0.0651 e. The van der Waals surface area contributed by atoms with E-state index in [-0.39, 0.29) is 0 Å². The van der Waals surface area contributed by atoms with E-state index in [1.807, 2.05) is 0 Å². The van der Waals surface area contributed by atoms with Crippen molar-refractivity contribution in [3.63, 3.8) is 0 Å². The maximum Gasteiger partial charge on any atom is -0.0391 e. The van der Waals surface area contributed by atoms with E-state index in [9.17, 15) is 0 Å². The van der Waals surface area contributed by atoms with E-state index < -0.39 is 0 Å². The van der Waals surface area contributed by atoms with Gasteiger partial charge in [-0.05, 0) is 17.8 Å². The Balaban J connectivity index is 0. The highest BCUT2D eigenvalue weighted by atomic mass is 14.2. The third-order valence-electron chi connectivity index (χ3n) is 2.76. The highest BCUT2D eigenvalue weighted by molar-refractivity contribution is 4.64. The van der Waals surface area contributed by atoms with Crippen molar-refractivity contribution in [2.45, 2.75) is 74.1 Å². The Bertz CT molecular complexity index is 73.5. The van der Waals surface area contributed by atoms with Crippen LogP contribution in [-0.2, 0) is 0 Å². The molecular weight excluding hydrogens is 168 g/mol. The van der Waals surface area contributed by atoms with E-state index in [1.54, 1.807) is 0 Å². The van der Waals surface area contributed by atoms with Crippen LogP contribution in [0.4, 0.5) is 0 Å². The normalized spacial score (nSPS) is 10.7. The minimum atomic E-state index is 0.833. The second kappa shape index (κ2) is 11.1. The smallest absolute Gasteiger partial charge is 0.0391 e. The number of hydrogen-bond donors (Lipinski definition) is 0. The summed E-state index contributed by atoms with van der Waals surface area (Å²) in [5.74, 6) is 2.80. The molecule has 0 heteroatoms. The summed E-state index contributed by atoms with van der Waals surface area (Å²) >= 11 is 0. The van der Waals surface area contributed by atoms with Crippen molar-refractivity contribution < 1.29 is 0 Å². The standard InChI is InChI=1S/C10H22.C4H10/c1-5-9(6-2)10(7-3)8-4;1-4(2)3/h9-10H,5-8H2,1-4H3;4H,1-3H3. The van der Waals surface area contributed by atoms with Crippen molar-refractivity contribution in [2.75, 3.05) is 0 Å². The first-order chi connectivity index (χ1) is 6.53. The Morgan fingerprint density at radius 1 is 0.571 bits per heavy atom. The quantitative estimate of drug-likeness (QED) is 0.548. The fraction of sp³-hybridized carbons (Fsp3) is 1.00. The third-order valence-corrected chi connectivity index (χ3v) is 2.76. The Hall–Kier alpha value is 0. The second-order valence-electron chi connectivity index (χ2n) is 4.89. The van der Waals surface area contributed by atoms with E-state index in [0.29, 0.717) is 0 Å². The molecule has 0 amide bonds. The Morgan fingerprint density at radius 3 is 0.786 bits per heavy atom. The maximum absolute atomic E-state index is 2.31. The summed E-state index contributed by atoms with van der Waals surface area (Å²) in [7, 11) is 0. The van der Waals surface area contributed by atoms with Gasteiger partial charge in [0.1, 0.15) is 0 Å². The topological polar surface area (TPSA) is 0 Å². The molecule has 14 heavy (non-hydrogen) atoms. The zero-order valence-corrected chi connectivity index (χ0v) is 11.6. The van der Waals surface area contributed by atoms with Crippen molar-refractivity contribution in [1.82, 2.24) is 0 Å². The fourth-order valence-corrected chi connectivity index (χ4v) is 1.91. The first-order valence-corrected chi connectivity index (χ1v) is 6.53. The van der Waals surface area contributed by atoms with Gasteiger partial charge in [0.15, 0.2) is 0 Å². The van der Waals surface area contributed by atoms with Gasteiger partial charge in [-0.1, -0.05) is 74.1 Å². The zero-order chi connectivity index (χ0) is 11.6. The van der Waals surface area contributed by atoms with E-state index >= 15 is 0 Å². The van der Waals surface area contributed by atoms with Crippen LogP contribution in [0.1, 0.15) is 74.1 Å². The van der Waals surface area contributed by atoms with Crippen LogP contribution < -0.4 is 0 Å². The van der Waals surface area contributed by atoms with Gasteiger partial charge in [-0.3, -0.25) is 0 Å². The van der Waals surface area contributed by atoms with Crippen LogP contribution in [0, 0.1) is 17.8 Å². The van der Waals surface area contributed by atoms with Gasteiger partial charge in [0, 0.05) is 0 Å². The van der Waals surface area contributed by atoms with E-state index in [1.165, 1.54) is 25.7 Å². The van der Waals surface area contributed by atoms with Crippen LogP contribution in [0.5, 0.6) is 0 Å². The third kappa shape index (κ3) is 10.1. The molecule has 0 aromatic carbocycles. The van der Waals surface area contributed by atoms with Crippen molar-refractivity contribution in [3.8, 4) is 0 Å². The molecule has 0 aromatic rings. The van der Waals surface area contributed by atoms with E-state index in [0.717, 1.165) is 17.8 Å². The van der Waals surface area contributed by atoms with E-state index in [2.05, 4.69) is 48.5 Å². The van der Waals surface area contributed by atoms with Crippen molar-refractivity contribution >= 4 is 0 Å². The summed E-state index contributed by atoms with van der Waals surface area (Å²) in [6, 6.07) is 0. The Labute approximate surface area is 92.5 Å². The Morgan fingerprint density at radius 2 is 0.714 bits per heavy atom. The van der Waals surface area contributed by atoms with Crippen LogP contribution in [0.15, 0.2) is 0 Å². The summed E-state index contributed by atoms with van der Waals surface area (Å²) in [5.41, 5.74) is 0. The molecule has 0 aliphatic rings. The molecule has 0 unspecified atom stereocenters. The van der Waals surface area contributed by atoms with Gasteiger partial charge in [0.05, 0.1) is 0 Å². The largest absolute Gasteiger partial charge is 0.0651 e. The monoisotopic (exact) mass is 200 g/mol. The highest BCUT2D eigenvalue weighted by Gasteiger charge is 2.13. The molecule has 0 nitrogen and oxygen atoms in total. The van der Waals surface area contributed by atoms with Crippen LogP contribution in [0.3, 0.4) is 0 Å². The molecule has 0 N–H and O–H groups in total. The van der Waals surface area contributed by atoms with Gasteiger partial charge in [-0.2, -0.15) is 0 Å². The molecule has 0 saturated heterocycles. The molecule has 0 spiro atoms. The summed E-state index contributed by atoms with van der Waals surface area (Å²) in [5, 5.41) is 0. The van der Waals surface area contributed by atoms with Gasteiger partial charge in [0.2, 0.25) is 0 Å². The lowest BCUT2D eigenvalue weighted by atomic mass is 9.84. The Kier molecular flexibility index (Phi) is 13.0. The fourth-order valence-electron chi connectivity index (χ4n) is 1.91. The van der Waals surface area contributed by atoms with Crippen LogP contribution in [0.25, 0.3) is 0 Å². The van der Waals surface area contributed by atoms with Gasteiger partial charge >= 0.3 is 0 Å². The second-order valence-corrected chi connectivity index (χ2v) is 4.89. The molecule has 0 aromatic heterocycles. The molecule has 0 bridgehead atoms. The predicted octanol–water partition coefficient (Wildman–Crippen LogP) is 5.52. The molecule has 88 valence electrons. The summed E-state index contributed by atoms with van der Waals surface area (Å²) in [4.78, 5) is 0. The van der Waals surface area contributed by atoms with Crippen molar-refractivity contribution in [1.29, 1.82) is 0 Å². The van der Waals surface area contributed by atoms with Crippen LogP contribution in [-0.4, -0.2) is 0 Å². The van der Waals surface area contributed by atoms with Gasteiger partial charge in [0.25, 0.3) is 0 Å². The zero-order valence-electron chi connectivity index (χ0n) is 11.6. The number of hydrogen-bond acceptors (Lipinski definition) is 0. The number of rotatable bonds is 5. The van der Waals surface area contributed by atoms with Crippen LogP contribution >= 0.6 is 0 Å². The van der Waals surface area contributed by atoms with E-state index in [4.69, 9.17) is 0 Å². The molecule has 0 saturated carbocycles. The van der Waals surface area contributed by atoms with Gasteiger partial charge in [-0.15, -0.1) is 0 Å². The first kappa shape index (κ1) is 16.4. The molecule has 0 radical (unpaired) electrons. The maximum atomic E-state index is 2.31. The molecular formula is C14H32. The lowest BCUT2D eigenvalue weighted by molar-refractivity contribution is 0.295. The van der Waals surface area contributed by atoms with Crippen molar-refractivity contribution in [3.05, 3.63) is 0 Å². The molecule has 0 aliphatic heterocycles. The molecule has 0 rings (SSSR count). The van der Waals surface area contributed by atoms with Gasteiger partial charge in [-0.25, -0.2) is 0 Å². The molecule has 0 fully saturated rings. The average Bonchev–Trinajstić information content (AvgIpc) is 2.13. The lowest BCUT2D eigenvalue weighted by Gasteiger charge is -2.22. The first-order valence-electron chi connectivity index (χ1n) is 6.53. The minimum absolute atomic E-state index is 0.833. The SMILES string of the molecule is CC(C)C.CCC(CC)C(CC)CC. The average molecular weight is 200 g/mol.